The van der Waals surface area contributed by atoms with Gasteiger partial charge in [-0.05, 0) is 0 Å². The first-order chi connectivity index (χ1) is 2.91. The first-order valence-corrected chi connectivity index (χ1v) is 3.28. The summed E-state index contributed by atoms with van der Waals surface area (Å²) in [5.41, 5.74) is 0. The molecule has 2 radical (unpaired) electrons. The van der Waals surface area contributed by atoms with Gasteiger partial charge in [0.15, 0.2) is 0 Å². The standard InChI is InChI=1S/C4H10.ClH.O.Sn/c1-3-4-2;;;/h3-4H2,1-2H3;1H;;. The zero-order valence-electron chi connectivity index (χ0n) is 4.73. The van der Waals surface area contributed by atoms with Gasteiger partial charge >= 0.3 is 25.6 Å². The van der Waals surface area contributed by atoms with Gasteiger partial charge in [-0.1, -0.05) is 26.7 Å². The molecule has 1 nitrogen and oxygen atoms in total. The number of rotatable bonds is 1. The molecule has 0 saturated carbocycles. The first kappa shape index (κ1) is 15.7. The SMILES string of the molecule is CCCC.Cl.[O]=[Sn]. The summed E-state index contributed by atoms with van der Waals surface area (Å²) < 4.78 is 8.34. The first-order valence-electron chi connectivity index (χ1n) is 2.12. The van der Waals surface area contributed by atoms with Crippen molar-refractivity contribution in [2.45, 2.75) is 26.7 Å². The van der Waals surface area contributed by atoms with Crippen molar-refractivity contribution in [3.63, 3.8) is 0 Å². The molecule has 0 rings (SSSR count). The van der Waals surface area contributed by atoms with E-state index in [1.54, 1.807) is 0 Å². The Morgan fingerprint density at radius 1 is 1.14 bits per heavy atom. The Balaban J connectivity index is -0.0000000480. The van der Waals surface area contributed by atoms with E-state index in [2.05, 4.69) is 13.8 Å². The summed E-state index contributed by atoms with van der Waals surface area (Å²) in [5.74, 6) is 0. The fourth-order valence-corrected chi connectivity index (χ4v) is 0. The van der Waals surface area contributed by atoms with Crippen LogP contribution in [0.4, 0.5) is 0 Å². The molecule has 0 aromatic rings. The molecule has 7 heavy (non-hydrogen) atoms. The van der Waals surface area contributed by atoms with Crippen LogP contribution >= 0.6 is 12.4 Å². The minimum atomic E-state index is 0. The molecule has 0 heterocycles. The van der Waals surface area contributed by atoms with Crippen molar-refractivity contribution in [2.75, 3.05) is 0 Å². The summed E-state index contributed by atoms with van der Waals surface area (Å²) in [6.07, 6.45) is 2.64. The molecule has 0 aliphatic rings. The van der Waals surface area contributed by atoms with Gasteiger partial charge < -0.3 is 0 Å². The van der Waals surface area contributed by atoms with Gasteiger partial charge in [0, 0.05) is 0 Å². The zero-order valence-corrected chi connectivity index (χ0v) is 8.40. The van der Waals surface area contributed by atoms with Gasteiger partial charge in [0.1, 0.15) is 0 Å². The molecule has 0 aromatic heterocycles. The number of hydrogen-bond acceptors (Lipinski definition) is 1. The Bertz CT molecular complexity index is 19.2. The molecule has 0 fully saturated rings. The summed E-state index contributed by atoms with van der Waals surface area (Å²) in [4.78, 5) is 0. The Morgan fingerprint density at radius 2 is 1.29 bits per heavy atom. The topological polar surface area (TPSA) is 17.1 Å². The average Bonchev–Trinajstić information content (AvgIpc) is 1.72. The molecule has 0 aromatic carbocycles. The predicted molar refractivity (Wildman–Crippen MR) is 34.3 cm³/mol. The zero-order chi connectivity index (χ0) is 5.41. The molecule has 0 bridgehead atoms. The normalized spacial score (nSPS) is 4.86. The van der Waals surface area contributed by atoms with Gasteiger partial charge in [0.2, 0.25) is 0 Å². The van der Waals surface area contributed by atoms with Crippen molar-refractivity contribution in [1.82, 2.24) is 0 Å². The molecule has 3 heteroatoms. The van der Waals surface area contributed by atoms with Crippen LogP contribution in [0.5, 0.6) is 0 Å². The van der Waals surface area contributed by atoms with Gasteiger partial charge in [-0.2, -0.15) is 0 Å². The molecule has 0 aliphatic carbocycles. The molecule has 0 atom stereocenters. The summed E-state index contributed by atoms with van der Waals surface area (Å²) in [7, 11) is 0. The van der Waals surface area contributed by atoms with Gasteiger partial charge in [-0.25, -0.2) is 0 Å². The monoisotopic (exact) mass is 230 g/mol. The van der Waals surface area contributed by atoms with E-state index >= 15 is 0 Å². The van der Waals surface area contributed by atoms with Gasteiger partial charge in [-0.15, -0.1) is 12.4 Å². The molecular formula is C4H11ClOSn. The van der Waals surface area contributed by atoms with Gasteiger partial charge in [0.25, 0.3) is 0 Å². The van der Waals surface area contributed by atoms with Crippen LogP contribution in [0.25, 0.3) is 0 Å². The summed E-state index contributed by atoms with van der Waals surface area (Å²) in [5, 5.41) is 0. The third kappa shape index (κ3) is 46.2. The van der Waals surface area contributed by atoms with Crippen molar-refractivity contribution >= 4 is 34.9 Å². The molecular weight excluding hydrogens is 218 g/mol. The third-order valence-corrected chi connectivity index (χ3v) is 0.500. The van der Waals surface area contributed by atoms with Gasteiger partial charge in [0.05, 0.1) is 0 Å². The van der Waals surface area contributed by atoms with E-state index in [4.69, 9.17) is 3.08 Å². The van der Waals surface area contributed by atoms with E-state index in [0.29, 0.717) is 22.5 Å². The van der Waals surface area contributed by atoms with Crippen LogP contribution in [0.2, 0.25) is 0 Å². The number of unbranched alkanes of at least 4 members (excludes halogenated alkanes) is 1. The van der Waals surface area contributed by atoms with Crippen molar-refractivity contribution in [2.24, 2.45) is 0 Å². The number of hydrogen-bond donors (Lipinski definition) is 0. The van der Waals surface area contributed by atoms with Crippen LogP contribution in [0.1, 0.15) is 26.7 Å². The Hall–Kier alpha value is 0.889. The molecule has 44 valence electrons. The Morgan fingerprint density at radius 3 is 1.29 bits per heavy atom. The van der Waals surface area contributed by atoms with E-state index in [0.717, 1.165) is 0 Å². The van der Waals surface area contributed by atoms with E-state index < -0.39 is 0 Å². The second kappa shape index (κ2) is 28.6. The van der Waals surface area contributed by atoms with Crippen LogP contribution in [0, 0.1) is 0 Å². The summed E-state index contributed by atoms with van der Waals surface area (Å²) in [6.45, 7) is 4.36. The average molecular weight is 229 g/mol. The summed E-state index contributed by atoms with van der Waals surface area (Å²) in [6, 6.07) is 0. The predicted octanol–water partition coefficient (Wildman–Crippen LogP) is 1.73. The van der Waals surface area contributed by atoms with Crippen molar-refractivity contribution in [3.8, 4) is 0 Å². The molecule has 0 aliphatic heterocycles. The summed E-state index contributed by atoms with van der Waals surface area (Å²) >= 11 is 0.300. The minimum absolute atomic E-state index is 0. The maximum atomic E-state index is 8.34. The fourth-order valence-electron chi connectivity index (χ4n) is 0. The van der Waals surface area contributed by atoms with E-state index in [-0.39, 0.29) is 12.4 Å². The molecule has 0 amide bonds. The Kier molecular flexibility index (Phi) is 64.1. The molecule has 0 unspecified atom stereocenters. The van der Waals surface area contributed by atoms with Crippen molar-refractivity contribution in [3.05, 3.63) is 0 Å². The fraction of sp³-hybridized carbons (Fsp3) is 1.00. The van der Waals surface area contributed by atoms with E-state index in [1.807, 2.05) is 0 Å². The Labute approximate surface area is 64.8 Å². The van der Waals surface area contributed by atoms with Crippen molar-refractivity contribution in [1.29, 1.82) is 0 Å². The molecule has 0 N–H and O–H groups in total. The van der Waals surface area contributed by atoms with E-state index in [1.165, 1.54) is 12.8 Å². The van der Waals surface area contributed by atoms with Gasteiger partial charge in [-0.3, -0.25) is 0 Å². The second-order valence-corrected chi connectivity index (χ2v) is 1.000. The quantitative estimate of drug-likeness (QED) is 0.626. The molecule has 0 spiro atoms. The maximum absolute atomic E-state index is 8.34. The van der Waals surface area contributed by atoms with Crippen LogP contribution in [0.3, 0.4) is 0 Å². The number of halogens is 1. The van der Waals surface area contributed by atoms with E-state index in [9.17, 15) is 0 Å². The van der Waals surface area contributed by atoms with Crippen LogP contribution < -0.4 is 0 Å². The third-order valence-electron chi connectivity index (χ3n) is 0.500. The van der Waals surface area contributed by atoms with Crippen LogP contribution in [-0.4, -0.2) is 22.5 Å². The van der Waals surface area contributed by atoms with Crippen molar-refractivity contribution < 1.29 is 3.08 Å². The van der Waals surface area contributed by atoms with Crippen LogP contribution in [-0.2, 0) is 3.08 Å². The van der Waals surface area contributed by atoms with Crippen LogP contribution in [0.15, 0.2) is 0 Å². The molecule has 0 saturated heterocycles. The second-order valence-electron chi connectivity index (χ2n) is 1.000.